The summed E-state index contributed by atoms with van der Waals surface area (Å²) in [5.74, 6) is -0.253. The fourth-order valence-corrected chi connectivity index (χ4v) is 1.63. The fourth-order valence-electron chi connectivity index (χ4n) is 1.63. The third-order valence-electron chi connectivity index (χ3n) is 2.57. The molecule has 0 heterocycles. The van der Waals surface area contributed by atoms with Crippen LogP contribution in [0.1, 0.15) is 10.4 Å². The van der Waals surface area contributed by atoms with Crippen molar-refractivity contribution in [2.75, 3.05) is 20.3 Å². The molecular weight excluding hydrogens is 230 g/mol. The lowest BCUT2D eigenvalue weighted by molar-refractivity contribution is 0.00889. The molecule has 2 rings (SSSR count). The zero-order valence-electron chi connectivity index (χ0n) is 10.2. The van der Waals surface area contributed by atoms with Crippen molar-refractivity contribution in [1.82, 2.24) is 5.48 Å². The van der Waals surface area contributed by atoms with Gasteiger partial charge in [0.05, 0.1) is 13.2 Å². The van der Waals surface area contributed by atoms with E-state index in [9.17, 15) is 4.79 Å². The smallest absolute Gasteiger partial charge is 0.274 e. The van der Waals surface area contributed by atoms with Crippen LogP contribution in [0.25, 0.3) is 10.8 Å². The van der Waals surface area contributed by atoms with Gasteiger partial charge in [0.25, 0.3) is 5.91 Å². The molecule has 0 aliphatic heterocycles. The Kier molecular flexibility index (Phi) is 4.28. The van der Waals surface area contributed by atoms with Gasteiger partial charge in [-0.05, 0) is 22.9 Å². The Hall–Kier alpha value is -1.91. The zero-order valence-corrected chi connectivity index (χ0v) is 10.2. The summed E-state index contributed by atoms with van der Waals surface area (Å²) in [6.45, 7) is 0.772. The van der Waals surface area contributed by atoms with E-state index in [0.717, 1.165) is 10.8 Å². The molecule has 4 nitrogen and oxygen atoms in total. The van der Waals surface area contributed by atoms with Crippen LogP contribution in [0.4, 0.5) is 0 Å². The molecule has 1 amide bonds. The number of carbonyl (C=O) groups is 1. The van der Waals surface area contributed by atoms with Crippen LogP contribution in [0.15, 0.2) is 42.5 Å². The van der Waals surface area contributed by atoms with E-state index in [1.165, 1.54) is 0 Å². The van der Waals surface area contributed by atoms with Crippen LogP contribution in [0, 0.1) is 0 Å². The minimum Gasteiger partial charge on any atom is -0.382 e. The molecule has 0 saturated heterocycles. The van der Waals surface area contributed by atoms with E-state index in [2.05, 4.69) is 5.48 Å². The van der Waals surface area contributed by atoms with Crippen molar-refractivity contribution in [1.29, 1.82) is 0 Å². The summed E-state index contributed by atoms with van der Waals surface area (Å²) in [6, 6.07) is 13.4. The van der Waals surface area contributed by atoms with Crippen molar-refractivity contribution < 1.29 is 14.4 Å². The molecule has 0 spiro atoms. The normalized spacial score (nSPS) is 10.5. The van der Waals surface area contributed by atoms with Crippen LogP contribution in [-0.2, 0) is 9.57 Å². The number of benzene rings is 2. The highest BCUT2D eigenvalue weighted by Gasteiger charge is 2.05. The Labute approximate surface area is 105 Å². The molecule has 0 fully saturated rings. The molecule has 2 aromatic carbocycles. The SMILES string of the molecule is COCCONC(=O)c1ccc2ccccc2c1. The Balaban J connectivity index is 2.04. The van der Waals surface area contributed by atoms with E-state index < -0.39 is 0 Å². The van der Waals surface area contributed by atoms with Crippen molar-refractivity contribution in [3.05, 3.63) is 48.0 Å². The van der Waals surface area contributed by atoms with Gasteiger partial charge in [0.1, 0.15) is 0 Å². The summed E-state index contributed by atoms with van der Waals surface area (Å²) in [7, 11) is 1.58. The van der Waals surface area contributed by atoms with Crippen molar-refractivity contribution in [3.63, 3.8) is 0 Å². The maximum absolute atomic E-state index is 11.8. The summed E-state index contributed by atoms with van der Waals surface area (Å²) in [5.41, 5.74) is 2.95. The first kappa shape index (κ1) is 12.5. The molecule has 0 radical (unpaired) electrons. The lowest BCUT2D eigenvalue weighted by atomic mass is 10.1. The fraction of sp³-hybridized carbons (Fsp3) is 0.214. The Bertz CT molecular complexity index is 539. The van der Waals surface area contributed by atoms with Gasteiger partial charge in [0.2, 0.25) is 0 Å². The third-order valence-corrected chi connectivity index (χ3v) is 2.57. The van der Waals surface area contributed by atoms with Gasteiger partial charge >= 0.3 is 0 Å². The van der Waals surface area contributed by atoms with Crippen LogP contribution in [0.3, 0.4) is 0 Å². The van der Waals surface area contributed by atoms with Gasteiger partial charge in [-0.15, -0.1) is 0 Å². The van der Waals surface area contributed by atoms with E-state index in [4.69, 9.17) is 9.57 Å². The Morgan fingerprint density at radius 2 is 1.89 bits per heavy atom. The molecule has 94 valence electrons. The zero-order chi connectivity index (χ0) is 12.8. The first-order valence-corrected chi connectivity index (χ1v) is 5.71. The monoisotopic (exact) mass is 245 g/mol. The number of carbonyl (C=O) groups excluding carboxylic acids is 1. The summed E-state index contributed by atoms with van der Waals surface area (Å²) in [5, 5.41) is 2.14. The van der Waals surface area contributed by atoms with E-state index in [0.29, 0.717) is 18.8 Å². The van der Waals surface area contributed by atoms with E-state index in [1.807, 2.05) is 36.4 Å². The van der Waals surface area contributed by atoms with Crippen molar-refractivity contribution in [2.45, 2.75) is 0 Å². The number of hydroxylamine groups is 1. The molecule has 18 heavy (non-hydrogen) atoms. The number of methoxy groups -OCH3 is 1. The molecule has 0 saturated carbocycles. The second-order valence-electron chi connectivity index (χ2n) is 3.83. The molecule has 0 aliphatic rings. The molecular formula is C14H15NO3. The number of rotatable bonds is 5. The average Bonchev–Trinajstić information content (AvgIpc) is 2.43. The second-order valence-corrected chi connectivity index (χ2v) is 3.83. The highest BCUT2D eigenvalue weighted by molar-refractivity contribution is 5.98. The quantitative estimate of drug-likeness (QED) is 0.648. The number of hydrogen-bond donors (Lipinski definition) is 1. The van der Waals surface area contributed by atoms with Gasteiger partial charge in [-0.1, -0.05) is 30.3 Å². The van der Waals surface area contributed by atoms with Crippen LogP contribution in [-0.4, -0.2) is 26.2 Å². The first-order chi connectivity index (χ1) is 8.81. The summed E-state index contributed by atoms with van der Waals surface area (Å²) < 4.78 is 4.81. The molecule has 0 unspecified atom stereocenters. The number of hydrogen-bond acceptors (Lipinski definition) is 3. The predicted molar refractivity (Wildman–Crippen MR) is 69.2 cm³/mol. The maximum Gasteiger partial charge on any atom is 0.274 e. The van der Waals surface area contributed by atoms with Gasteiger partial charge in [0, 0.05) is 12.7 Å². The van der Waals surface area contributed by atoms with Crippen LogP contribution < -0.4 is 5.48 Å². The highest BCUT2D eigenvalue weighted by Crippen LogP contribution is 2.15. The van der Waals surface area contributed by atoms with Gasteiger partial charge in [-0.3, -0.25) is 9.63 Å². The lowest BCUT2D eigenvalue weighted by Crippen LogP contribution is -2.25. The topological polar surface area (TPSA) is 47.6 Å². The highest BCUT2D eigenvalue weighted by atomic mass is 16.7. The summed E-state index contributed by atoms with van der Waals surface area (Å²) in [4.78, 5) is 16.8. The average molecular weight is 245 g/mol. The van der Waals surface area contributed by atoms with Crippen LogP contribution in [0.5, 0.6) is 0 Å². The molecule has 0 aromatic heterocycles. The number of nitrogens with one attached hydrogen (secondary N) is 1. The van der Waals surface area contributed by atoms with E-state index in [-0.39, 0.29) is 5.91 Å². The van der Waals surface area contributed by atoms with Crippen LogP contribution >= 0.6 is 0 Å². The molecule has 0 bridgehead atoms. The molecule has 1 N–H and O–H groups in total. The lowest BCUT2D eigenvalue weighted by Gasteiger charge is -2.06. The van der Waals surface area contributed by atoms with Gasteiger partial charge in [0.15, 0.2) is 0 Å². The molecule has 0 aliphatic carbocycles. The van der Waals surface area contributed by atoms with Crippen molar-refractivity contribution in [2.24, 2.45) is 0 Å². The van der Waals surface area contributed by atoms with Gasteiger partial charge < -0.3 is 4.74 Å². The van der Waals surface area contributed by atoms with Crippen LogP contribution in [0.2, 0.25) is 0 Å². The van der Waals surface area contributed by atoms with Crippen molar-refractivity contribution >= 4 is 16.7 Å². The summed E-state index contributed by atoms with van der Waals surface area (Å²) in [6.07, 6.45) is 0. The Morgan fingerprint density at radius 1 is 1.11 bits per heavy atom. The van der Waals surface area contributed by atoms with E-state index >= 15 is 0 Å². The molecule has 0 atom stereocenters. The van der Waals surface area contributed by atoms with Gasteiger partial charge in [-0.2, -0.15) is 0 Å². The van der Waals surface area contributed by atoms with E-state index in [1.54, 1.807) is 13.2 Å². The number of amides is 1. The Morgan fingerprint density at radius 3 is 2.67 bits per heavy atom. The second kappa shape index (κ2) is 6.14. The largest absolute Gasteiger partial charge is 0.382 e. The minimum absolute atomic E-state index is 0.253. The van der Waals surface area contributed by atoms with Crippen molar-refractivity contribution in [3.8, 4) is 0 Å². The molecule has 4 heteroatoms. The first-order valence-electron chi connectivity index (χ1n) is 5.71. The number of ether oxygens (including phenoxy) is 1. The third kappa shape index (κ3) is 3.06. The van der Waals surface area contributed by atoms with Gasteiger partial charge in [-0.25, -0.2) is 5.48 Å². The predicted octanol–water partition coefficient (Wildman–Crippen LogP) is 2.15. The molecule has 2 aromatic rings. The summed E-state index contributed by atoms with van der Waals surface area (Å²) >= 11 is 0. The standard InChI is InChI=1S/C14H15NO3/c1-17-8-9-18-15-14(16)13-7-6-11-4-2-3-5-12(11)10-13/h2-7,10H,8-9H2,1H3,(H,15,16). The number of fused-ring (bicyclic) bond motifs is 1. The minimum atomic E-state index is -0.253. The maximum atomic E-state index is 11.8.